The van der Waals surface area contributed by atoms with E-state index in [4.69, 9.17) is 8.83 Å². The summed E-state index contributed by atoms with van der Waals surface area (Å²) < 4.78 is 13.1. The second kappa shape index (κ2) is 14.3. The Bertz CT molecular complexity index is 3590. The van der Waals surface area contributed by atoms with Gasteiger partial charge in [-0.25, -0.2) is 0 Å². The molecule has 2 heterocycles. The molecule has 286 valence electrons. The Morgan fingerprint density at radius 3 is 1.52 bits per heavy atom. The largest absolute Gasteiger partial charge is 0.455 e. The lowest BCUT2D eigenvalue weighted by molar-refractivity contribution is 0.669. The summed E-state index contributed by atoms with van der Waals surface area (Å²) in [4.78, 5) is 2.37. The Kier molecular flexibility index (Phi) is 8.17. The molecule has 0 amide bonds. The zero-order valence-electron chi connectivity index (χ0n) is 33.1. The van der Waals surface area contributed by atoms with Crippen LogP contribution >= 0.6 is 0 Å². The van der Waals surface area contributed by atoms with E-state index >= 15 is 0 Å². The molecule has 0 saturated heterocycles. The van der Waals surface area contributed by atoms with Crippen LogP contribution in [0, 0.1) is 0 Å². The fourth-order valence-corrected chi connectivity index (χ4v) is 9.19. The van der Waals surface area contributed by atoms with E-state index in [2.05, 4.69) is 205 Å². The van der Waals surface area contributed by atoms with Crippen LogP contribution in [-0.2, 0) is 0 Å². The van der Waals surface area contributed by atoms with E-state index in [0.717, 1.165) is 94.3 Å². The molecule has 3 heteroatoms. The Morgan fingerprint density at radius 2 is 0.770 bits per heavy atom. The van der Waals surface area contributed by atoms with Crippen molar-refractivity contribution in [2.45, 2.75) is 0 Å². The van der Waals surface area contributed by atoms with Gasteiger partial charge in [0.05, 0.1) is 5.69 Å². The lowest BCUT2D eigenvalue weighted by Crippen LogP contribution is -2.11. The van der Waals surface area contributed by atoms with Gasteiger partial charge in [-0.1, -0.05) is 182 Å². The monoisotopic (exact) mass is 779 g/mol. The van der Waals surface area contributed by atoms with Crippen molar-refractivity contribution < 1.29 is 8.83 Å². The molecule has 10 aromatic carbocycles. The van der Waals surface area contributed by atoms with Gasteiger partial charge in [-0.05, 0) is 81.1 Å². The van der Waals surface area contributed by atoms with Crippen molar-refractivity contribution >= 4 is 71.7 Å². The number of furan rings is 2. The van der Waals surface area contributed by atoms with Gasteiger partial charge in [-0.3, -0.25) is 0 Å². The molecule has 0 bridgehead atoms. The average molecular weight is 780 g/mol. The number of para-hydroxylation sites is 5. The second-order valence-corrected chi connectivity index (χ2v) is 15.6. The molecule has 12 rings (SSSR count). The first-order valence-electron chi connectivity index (χ1n) is 20.7. The van der Waals surface area contributed by atoms with Gasteiger partial charge in [-0.2, -0.15) is 0 Å². The molecule has 0 aliphatic rings. The molecule has 3 nitrogen and oxygen atoms in total. The summed E-state index contributed by atoms with van der Waals surface area (Å²) >= 11 is 0. The summed E-state index contributed by atoms with van der Waals surface area (Å²) in [6.07, 6.45) is 0. The van der Waals surface area contributed by atoms with Gasteiger partial charge in [0.25, 0.3) is 0 Å². The third-order valence-corrected chi connectivity index (χ3v) is 12.1. The number of benzene rings is 10. The van der Waals surface area contributed by atoms with Crippen molar-refractivity contribution in [3.05, 3.63) is 224 Å². The zero-order chi connectivity index (χ0) is 40.3. The summed E-state index contributed by atoms with van der Waals surface area (Å²) in [6, 6.07) is 79.9. The predicted molar refractivity (Wildman–Crippen MR) is 255 cm³/mol. The van der Waals surface area contributed by atoms with Crippen molar-refractivity contribution in [3.8, 4) is 44.5 Å². The molecule has 0 unspecified atom stereocenters. The van der Waals surface area contributed by atoms with Crippen LogP contribution in [0.1, 0.15) is 0 Å². The Balaban J connectivity index is 0.997. The van der Waals surface area contributed by atoms with Crippen LogP contribution in [0.25, 0.3) is 99.2 Å². The highest BCUT2D eigenvalue weighted by atomic mass is 16.3. The van der Waals surface area contributed by atoms with Crippen LogP contribution in [-0.4, -0.2) is 0 Å². The molecule has 61 heavy (non-hydrogen) atoms. The minimum Gasteiger partial charge on any atom is -0.455 e. The van der Waals surface area contributed by atoms with E-state index < -0.39 is 0 Å². The van der Waals surface area contributed by atoms with E-state index in [1.807, 2.05) is 24.3 Å². The number of hydrogen-bond acceptors (Lipinski definition) is 3. The van der Waals surface area contributed by atoms with Crippen molar-refractivity contribution in [2.75, 3.05) is 4.90 Å². The molecule has 0 atom stereocenters. The first-order chi connectivity index (χ1) is 30.2. The van der Waals surface area contributed by atoms with Crippen LogP contribution in [0.15, 0.2) is 233 Å². The summed E-state index contributed by atoms with van der Waals surface area (Å²) in [5.41, 5.74) is 15.7. The third-order valence-electron chi connectivity index (χ3n) is 12.1. The van der Waals surface area contributed by atoms with Crippen LogP contribution in [0.5, 0.6) is 0 Å². The quantitative estimate of drug-likeness (QED) is 0.161. The van der Waals surface area contributed by atoms with E-state index in [0.29, 0.717) is 0 Å². The normalized spacial score (nSPS) is 11.6. The van der Waals surface area contributed by atoms with Crippen LogP contribution < -0.4 is 4.90 Å². The van der Waals surface area contributed by atoms with E-state index in [1.54, 1.807) is 0 Å². The predicted octanol–water partition coefficient (Wildman–Crippen LogP) is 16.8. The van der Waals surface area contributed by atoms with Gasteiger partial charge in [0.2, 0.25) is 0 Å². The second-order valence-electron chi connectivity index (χ2n) is 15.6. The van der Waals surface area contributed by atoms with Crippen LogP contribution in [0.2, 0.25) is 0 Å². The van der Waals surface area contributed by atoms with Gasteiger partial charge in [0.1, 0.15) is 22.3 Å². The van der Waals surface area contributed by atoms with Crippen LogP contribution in [0.3, 0.4) is 0 Å². The van der Waals surface area contributed by atoms with Gasteiger partial charge in [0, 0.05) is 49.6 Å². The van der Waals surface area contributed by atoms with Gasteiger partial charge >= 0.3 is 0 Å². The lowest BCUT2D eigenvalue weighted by Gasteiger charge is -2.28. The highest BCUT2D eigenvalue weighted by molar-refractivity contribution is 6.11. The highest BCUT2D eigenvalue weighted by Crippen LogP contribution is 2.46. The van der Waals surface area contributed by atoms with Crippen molar-refractivity contribution in [1.29, 1.82) is 0 Å². The Morgan fingerprint density at radius 1 is 0.279 bits per heavy atom. The zero-order valence-corrected chi connectivity index (χ0v) is 33.1. The average Bonchev–Trinajstić information content (AvgIpc) is 3.91. The smallest absolute Gasteiger partial charge is 0.143 e. The first-order valence-corrected chi connectivity index (χ1v) is 20.7. The molecule has 0 spiro atoms. The molecule has 0 N–H and O–H groups in total. The number of hydrogen-bond donors (Lipinski definition) is 0. The Hall–Kier alpha value is -8.14. The Labute approximate surface area is 353 Å². The fourth-order valence-electron chi connectivity index (χ4n) is 9.19. The molecule has 0 fully saturated rings. The van der Waals surface area contributed by atoms with Crippen molar-refractivity contribution in [3.63, 3.8) is 0 Å². The van der Waals surface area contributed by atoms with E-state index in [9.17, 15) is 0 Å². The molecule has 0 aliphatic carbocycles. The standard InChI is InChI=1S/C58H37NO2/c1-2-17-45-39(13-1)14-10-21-46(45)40-31-29-38(30-32-40)42-15-9-16-44(37-42)59(43-35-33-41(34-36-43)47-22-11-24-52-49-19-4-7-27-55(49)60-57(47)52)54-26-6-3-18-48(54)51-23-12-25-53-50-20-5-8-28-56(50)61-58(51)53/h1-37H. The van der Waals surface area contributed by atoms with Crippen molar-refractivity contribution in [2.24, 2.45) is 0 Å². The van der Waals surface area contributed by atoms with E-state index in [1.165, 1.54) is 21.9 Å². The SMILES string of the molecule is c1cc(-c2ccc(-c3cccc4ccccc34)cc2)cc(N(c2ccc(-c3cccc4c3oc3ccccc34)cc2)c2ccccc2-c2cccc3c2oc2ccccc23)c1. The lowest BCUT2D eigenvalue weighted by atomic mass is 9.96. The van der Waals surface area contributed by atoms with Gasteiger partial charge < -0.3 is 13.7 Å². The molecule has 0 radical (unpaired) electrons. The molecule has 2 aromatic heterocycles. The van der Waals surface area contributed by atoms with Crippen molar-refractivity contribution in [1.82, 2.24) is 0 Å². The molecule has 0 aliphatic heterocycles. The van der Waals surface area contributed by atoms with E-state index in [-0.39, 0.29) is 0 Å². The third kappa shape index (κ3) is 5.90. The maximum atomic E-state index is 6.62. The summed E-state index contributed by atoms with van der Waals surface area (Å²) in [7, 11) is 0. The highest BCUT2D eigenvalue weighted by Gasteiger charge is 2.21. The molecule has 0 saturated carbocycles. The number of nitrogens with zero attached hydrogens (tertiary/aromatic N) is 1. The summed E-state index contributed by atoms with van der Waals surface area (Å²) in [5, 5.41) is 6.97. The minimum absolute atomic E-state index is 0.880. The van der Waals surface area contributed by atoms with Crippen LogP contribution in [0.4, 0.5) is 17.1 Å². The first kappa shape index (κ1) is 34.9. The fraction of sp³-hybridized carbons (Fsp3) is 0. The summed E-state index contributed by atoms with van der Waals surface area (Å²) in [5.74, 6) is 0. The molecular formula is C58H37NO2. The topological polar surface area (TPSA) is 29.5 Å². The minimum atomic E-state index is 0.880. The van der Waals surface area contributed by atoms with Gasteiger partial charge in [-0.15, -0.1) is 0 Å². The number of anilines is 3. The molecule has 12 aromatic rings. The number of fused-ring (bicyclic) bond motifs is 7. The summed E-state index contributed by atoms with van der Waals surface area (Å²) in [6.45, 7) is 0. The van der Waals surface area contributed by atoms with Gasteiger partial charge in [0.15, 0.2) is 0 Å². The molecular weight excluding hydrogens is 743 g/mol. The maximum absolute atomic E-state index is 6.62. The maximum Gasteiger partial charge on any atom is 0.143 e. The number of rotatable bonds is 7.